The molecule has 3 nitrogen and oxygen atoms in total. The number of benzene rings is 1. The lowest BCUT2D eigenvalue weighted by molar-refractivity contribution is 0.135. The van der Waals surface area contributed by atoms with Crippen LogP contribution in [-0.2, 0) is 22.8 Å². The van der Waals surface area contributed by atoms with Crippen molar-refractivity contribution >= 4 is 41.5 Å². The summed E-state index contributed by atoms with van der Waals surface area (Å²) in [4.78, 5) is 0. The van der Waals surface area contributed by atoms with Crippen LogP contribution in [0, 0.1) is 0 Å². The van der Waals surface area contributed by atoms with Gasteiger partial charge in [-0.15, -0.1) is 0 Å². The molecule has 0 aliphatic carbocycles. The molecule has 1 heterocycles. The van der Waals surface area contributed by atoms with Crippen LogP contribution in [-0.4, -0.2) is 18.4 Å². The van der Waals surface area contributed by atoms with Crippen molar-refractivity contribution in [2.75, 3.05) is 12.8 Å². The quantitative estimate of drug-likeness (QED) is 0.577. The van der Waals surface area contributed by atoms with Crippen molar-refractivity contribution in [2.45, 2.75) is 46.1 Å². The van der Waals surface area contributed by atoms with Crippen LogP contribution in [0.25, 0.3) is 0 Å². The molecule has 1 aliphatic heterocycles. The Morgan fingerprint density at radius 1 is 1.32 bits per heavy atom. The maximum absolute atomic E-state index is 6.33. The predicted octanol–water partition coefficient (Wildman–Crippen LogP) is 5.84. The van der Waals surface area contributed by atoms with Gasteiger partial charge in [0, 0.05) is 23.2 Å². The third-order valence-corrected chi connectivity index (χ3v) is 7.07. The standard InChI is InChI=1S/C15H21Cl2O3PS/c1-5-7-18-21(22,6-2)20-14-12(17)8-11(16)10-9-15(3,4)19-13(10)14/h8H,5-7,9H2,1-4H3. The van der Waals surface area contributed by atoms with Crippen LogP contribution in [0.3, 0.4) is 0 Å². The van der Waals surface area contributed by atoms with Crippen LogP contribution >= 0.6 is 29.7 Å². The lowest BCUT2D eigenvalue weighted by Crippen LogP contribution is -2.24. The minimum absolute atomic E-state index is 0.339. The normalized spacial score (nSPS) is 18.5. The molecule has 0 bridgehead atoms. The average Bonchev–Trinajstić information content (AvgIpc) is 2.77. The van der Waals surface area contributed by atoms with Gasteiger partial charge in [-0.25, -0.2) is 0 Å². The second kappa shape index (κ2) is 6.86. The zero-order chi connectivity index (χ0) is 16.5. The van der Waals surface area contributed by atoms with Crippen molar-refractivity contribution in [3.8, 4) is 11.5 Å². The number of ether oxygens (including phenoxy) is 1. The second-order valence-corrected chi connectivity index (χ2v) is 10.6. The highest BCUT2D eigenvalue weighted by Gasteiger charge is 2.37. The van der Waals surface area contributed by atoms with Gasteiger partial charge >= 0.3 is 0 Å². The molecule has 0 aromatic heterocycles. The zero-order valence-corrected chi connectivity index (χ0v) is 16.5. The van der Waals surface area contributed by atoms with Crippen molar-refractivity contribution in [3.63, 3.8) is 0 Å². The Kier molecular flexibility index (Phi) is 5.72. The molecule has 2 rings (SSSR count). The summed E-state index contributed by atoms with van der Waals surface area (Å²) in [6, 6.07) is 1.69. The van der Waals surface area contributed by atoms with Gasteiger partial charge in [-0.05, 0) is 38.1 Å². The van der Waals surface area contributed by atoms with Crippen LogP contribution in [0.2, 0.25) is 10.0 Å². The highest BCUT2D eigenvalue weighted by Crippen LogP contribution is 2.56. The van der Waals surface area contributed by atoms with Crippen molar-refractivity contribution < 1.29 is 13.8 Å². The van der Waals surface area contributed by atoms with E-state index in [1.807, 2.05) is 27.7 Å². The van der Waals surface area contributed by atoms with E-state index in [4.69, 9.17) is 48.8 Å². The second-order valence-electron chi connectivity index (χ2n) is 5.87. The zero-order valence-electron chi connectivity index (χ0n) is 13.2. The maximum Gasteiger partial charge on any atom is 0.238 e. The minimum Gasteiger partial charge on any atom is -0.483 e. The lowest BCUT2D eigenvalue weighted by Gasteiger charge is -2.24. The molecular formula is C15H21Cl2O3PS. The summed E-state index contributed by atoms with van der Waals surface area (Å²) in [7, 11) is 0. The molecule has 0 saturated heterocycles. The van der Waals surface area contributed by atoms with Crippen molar-refractivity contribution in [2.24, 2.45) is 0 Å². The Labute approximate surface area is 147 Å². The van der Waals surface area contributed by atoms with Gasteiger partial charge in [-0.1, -0.05) is 37.0 Å². The van der Waals surface area contributed by atoms with Crippen molar-refractivity contribution in [1.82, 2.24) is 0 Å². The molecule has 1 unspecified atom stereocenters. The lowest BCUT2D eigenvalue weighted by atomic mass is 10.0. The molecule has 0 N–H and O–H groups in total. The molecule has 1 aliphatic rings. The number of fused-ring (bicyclic) bond motifs is 1. The molecule has 0 fully saturated rings. The molecule has 1 aromatic carbocycles. The highest BCUT2D eigenvalue weighted by molar-refractivity contribution is 8.10. The fourth-order valence-corrected chi connectivity index (χ4v) is 4.60. The largest absolute Gasteiger partial charge is 0.483 e. The van der Waals surface area contributed by atoms with Crippen LogP contribution < -0.4 is 9.26 Å². The molecule has 1 aromatic rings. The number of hydrogen-bond donors (Lipinski definition) is 0. The molecule has 0 spiro atoms. The number of hydrogen-bond acceptors (Lipinski definition) is 4. The van der Waals surface area contributed by atoms with E-state index in [0.29, 0.717) is 40.7 Å². The first kappa shape index (κ1) is 18.4. The summed E-state index contributed by atoms with van der Waals surface area (Å²) >= 11 is 18.2. The van der Waals surface area contributed by atoms with E-state index >= 15 is 0 Å². The van der Waals surface area contributed by atoms with Gasteiger partial charge in [0.05, 0.1) is 11.6 Å². The van der Waals surface area contributed by atoms with E-state index < -0.39 is 6.49 Å². The monoisotopic (exact) mass is 382 g/mol. The van der Waals surface area contributed by atoms with E-state index in [2.05, 4.69) is 0 Å². The summed E-state index contributed by atoms with van der Waals surface area (Å²) in [5.41, 5.74) is 0.576. The first-order chi connectivity index (χ1) is 10.2. The summed E-state index contributed by atoms with van der Waals surface area (Å²) in [5, 5.41) is 1.00. The molecule has 22 heavy (non-hydrogen) atoms. The van der Waals surface area contributed by atoms with Gasteiger partial charge < -0.3 is 13.8 Å². The average molecular weight is 383 g/mol. The van der Waals surface area contributed by atoms with Gasteiger partial charge in [0.25, 0.3) is 0 Å². The van der Waals surface area contributed by atoms with E-state index in [1.54, 1.807) is 6.07 Å². The molecule has 0 saturated carbocycles. The highest BCUT2D eigenvalue weighted by atomic mass is 35.5. The fourth-order valence-electron chi connectivity index (χ4n) is 2.27. The summed E-state index contributed by atoms with van der Waals surface area (Å²) in [6.45, 7) is 6.15. The Morgan fingerprint density at radius 3 is 2.59 bits per heavy atom. The first-order valence-electron chi connectivity index (χ1n) is 7.34. The van der Waals surface area contributed by atoms with Crippen LogP contribution in [0.15, 0.2) is 6.07 Å². The molecule has 124 valence electrons. The minimum atomic E-state index is -2.43. The Bertz CT molecular complexity index is 619. The van der Waals surface area contributed by atoms with Crippen LogP contribution in [0.1, 0.15) is 39.7 Å². The van der Waals surface area contributed by atoms with Crippen LogP contribution in [0.4, 0.5) is 0 Å². The van der Waals surface area contributed by atoms with Gasteiger partial charge in [-0.2, -0.15) is 0 Å². The van der Waals surface area contributed by atoms with Gasteiger partial charge in [-0.3, -0.25) is 0 Å². The smallest absolute Gasteiger partial charge is 0.238 e. The van der Waals surface area contributed by atoms with Gasteiger partial charge in [0.1, 0.15) is 5.60 Å². The molecule has 0 amide bonds. The Morgan fingerprint density at radius 2 is 2.00 bits per heavy atom. The predicted molar refractivity (Wildman–Crippen MR) is 96.6 cm³/mol. The maximum atomic E-state index is 6.33. The molecular weight excluding hydrogens is 362 g/mol. The molecule has 1 atom stereocenters. The summed E-state index contributed by atoms with van der Waals surface area (Å²) in [6.07, 6.45) is 2.22. The number of halogens is 2. The van der Waals surface area contributed by atoms with E-state index in [1.165, 1.54) is 0 Å². The summed E-state index contributed by atoms with van der Waals surface area (Å²) < 4.78 is 17.9. The van der Waals surface area contributed by atoms with Gasteiger partial charge in [0.2, 0.25) is 6.49 Å². The summed E-state index contributed by atoms with van der Waals surface area (Å²) in [5.74, 6) is 1.07. The number of rotatable bonds is 6. The van der Waals surface area contributed by atoms with Gasteiger partial charge in [0.15, 0.2) is 11.5 Å². The topological polar surface area (TPSA) is 27.7 Å². The van der Waals surface area contributed by atoms with E-state index in [0.717, 1.165) is 12.0 Å². The third-order valence-electron chi connectivity index (χ3n) is 3.33. The molecule has 7 heteroatoms. The van der Waals surface area contributed by atoms with Crippen molar-refractivity contribution in [1.29, 1.82) is 0 Å². The SMILES string of the molecule is CCCOP(=S)(CC)Oc1c(Cl)cc(Cl)c2c1OC(C)(C)C2. The first-order valence-corrected chi connectivity index (χ1v) is 10.9. The Hall–Kier alpha value is 0.01000. The van der Waals surface area contributed by atoms with E-state index in [-0.39, 0.29) is 5.60 Å². The molecule has 0 radical (unpaired) electrons. The van der Waals surface area contributed by atoms with Crippen molar-refractivity contribution in [3.05, 3.63) is 21.7 Å². The van der Waals surface area contributed by atoms with E-state index in [9.17, 15) is 0 Å². The van der Waals surface area contributed by atoms with Crippen LogP contribution in [0.5, 0.6) is 11.5 Å². The fraction of sp³-hybridized carbons (Fsp3) is 0.600. The Balaban J connectivity index is 2.41. The third kappa shape index (κ3) is 3.91.